The van der Waals surface area contributed by atoms with Crippen LogP contribution in [-0.2, 0) is 0 Å². The average Bonchev–Trinajstić information content (AvgIpc) is 2.81. The van der Waals surface area contributed by atoms with E-state index in [-0.39, 0.29) is 11.6 Å². The molecular weight excluding hydrogens is 448 g/mol. The van der Waals surface area contributed by atoms with E-state index in [1.807, 2.05) is 0 Å². The zero-order valence-electron chi connectivity index (χ0n) is 18.1. The quantitative estimate of drug-likeness (QED) is 0.272. The van der Waals surface area contributed by atoms with E-state index < -0.39 is 17.0 Å². The number of carbonyl (C=O) groups is 2. The van der Waals surface area contributed by atoms with Crippen LogP contribution in [0.25, 0.3) is 0 Å². The molecule has 2 aromatic carbocycles. The van der Waals surface area contributed by atoms with Gasteiger partial charge in [0.05, 0.1) is 17.7 Å². The summed E-state index contributed by atoms with van der Waals surface area (Å²) in [7, 11) is 1.56. The van der Waals surface area contributed by atoms with E-state index in [2.05, 4.69) is 16.0 Å². The van der Waals surface area contributed by atoms with Crippen LogP contribution in [0.1, 0.15) is 47.6 Å². The molecule has 9 nitrogen and oxygen atoms in total. The van der Waals surface area contributed by atoms with Gasteiger partial charge in [-0.3, -0.25) is 14.9 Å². The summed E-state index contributed by atoms with van der Waals surface area (Å²) in [5, 5.41) is 20.3. The standard InChI is InChI=1S/C23H25ClN4O5/c1-33-18-12-8-16(9-13-18)22(29)25-14-4-2-3-5-19-21(28(31)32)20(27-23(30)26-19)15-6-10-17(24)11-7-15/h6-13,20H,2-5,14H2,1H3,(H,25,29)(H2,26,27,30). The number of nitrogens with zero attached hydrogens (tertiary/aromatic N) is 1. The lowest BCUT2D eigenvalue weighted by Gasteiger charge is -2.25. The highest BCUT2D eigenvalue weighted by Crippen LogP contribution is 2.29. The van der Waals surface area contributed by atoms with Crippen molar-refractivity contribution in [2.45, 2.75) is 31.7 Å². The average molecular weight is 473 g/mol. The lowest BCUT2D eigenvalue weighted by atomic mass is 9.99. The molecule has 0 fully saturated rings. The Morgan fingerprint density at radius 2 is 1.82 bits per heavy atom. The fourth-order valence-electron chi connectivity index (χ4n) is 3.56. The van der Waals surface area contributed by atoms with Gasteiger partial charge < -0.3 is 20.7 Å². The topological polar surface area (TPSA) is 123 Å². The zero-order chi connectivity index (χ0) is 23.8. The molecule has 33 heavy (non-hydrogen) atoms. The molecule has 2 aromatic rings. The second-order valence-corrected chi connectivity index (χ2v) is 7.94. The van der Waals surface area contributed by atoms with E-state index in [9.17, 15) is 19.7 Å². The second-order valence-electron chi connectivity index (χ2n) is 7.50. The second kappa shape index (κ2) is 11.3. The number of amides is 3. The van der Waals surface area contributed by atoms with Gasteiger partial charge in [0, 0.05) is 17.1 Å². The van der Waals surface area contributed by atoms with Crippen LogP contribution in [0.4, 0.5) is 4.79 Å². The number of benzene rings is 2. The number of unbranched alkanes of at least 4 members (excludes halogenated alkanes) is 2. The van der Waals surface area contributed by atoms with Gasteiger partial charge in [-0.15, -0.1) is 0 Å². The molecule has 0 aromatic heterocycles. The van der Waals surface area contributed by atoms with Crippen LogP contribution in [0.15, 0.2) is 59.9 Å². The van der Waals surface area contributed by atoms with E-state index in [0.29, 0.717) is 53.4 Å². The van der Waals surface area contributed by atoms with Crippen LogP contribution in [0, 0.1) is 10.1 Å². The molecule has 0 radical (unpaired) electrons. The number of carbonyl (C=O) groups excluding carboxylic acids is 2. The maximum Gasteiger partial charge on any atom is 0.320 e. The minimum Gasteiger partial charge on any atom is -0.497 e. The number of rotatable bonds is 10. The third-order valence-electron chi connectivity index (χ3n) is 5.26. The molecule has 0 saturated heterocycles. The Morgan fingerprint density at radius 3 is 2.45 bits per heavy atom. The minimum atomic E-state index is -0.857. The van der Waals surface area contributed by atoms with Crippen LogP contribution in [0.3, 0.4) is 0 Å². The molecule has 0 bridgehead atoms. The van der Waals surface area contributed by atoms with Gasteiger partial charge in [-0.05, 0) is 61.2 Å². The van der Waals surface area contributed by atoms with E-state index in [1.165, 1.54) is 0 Å². The van der Waals surface area contributed by atoms with Gasteiger partial charge in [-0.25, -0.2) is 4.79 Å². The highest BCUT2D eigenvalue weighted by atomic mass is 35.5. The van der Waals surface area contributed by atoms with Crippen LogP contribution < -0.4 is 20.7 Å². The monoisotopic (exact) mass is 472 g/mol. The molecule has 1 aliphatic rings. The van der Waals surface area contributed by atoms with Crippen LogP contribution in [0.5, 0.6) is 5.75 Å². The Morgan fingerprint density at radius 1 is 1.12 bits per heavy atom. The Labute approximate surface area is 196 Å². The minimum absolute atomic E-state index is 0.0790. The molecule has 1 unspecified atom stereocenters. The highest BCUT2D eigenvalue weighted by molar-refractivity contribution is 6.30. The fourth-order valence-corrected chi connectivity index (χ4v) is 3.69. The van der Waals surface area contributed by atoms with Crippen molar-refractivity contribution in [2.75, 3.05) is 13.7 Å². The van der Waals surface area contributed by atoms with E-state index in [1.54, 1.807) is 55.6 Å². The summed E-state index contributed by atoms with van der Waals surface area (Å²) in [5.74, 6) is 0.505. The largest absolute Gasteiger partial charge is 0.497 e. The van der Waals surface area contributed by atoms with Gasteiger partial charge in [0.2, 0.25) is 0 Å². The SMILES string of the molecule is COc1ccc(C(=O)NCCCCCC2=C([N+](=O)[O-])C(c3ccc(Cl)cc3)NC(=O)N2)cc1. The third-order valence-corrected chi connectivity index (χ3v) is 5.52. The molecule has 3 N–H and O–H groups in total. The van der Waals surface area contributed by atoms with E-state index in [0.717, 1.165) is 6.42 Å². The Hall–Kier alpha value is -3.59. The summed E-state index contributed by atoms with van der Waals surface area (Å²) >= 11 is 5.91. The van der Waals surface area contributed by atoms with Gasteiger partial charge in [0.1, 0.15) is 11.8 Å². The fraction of sp³-hybridized carbons (Fsp3) is 0.304. The first-order valence-electron chi connectivity index (χ1n) is 10.5. The van der Waals surface area contributed by atoms with Crippen molar-refractivity contribution in [3.05, 3.63) is 86.2 Å². The number of halogens is 1. The zero-order valence-corrected chi connectivity index (χ0v) is 18.9. The first-order chi connectivity index (χ1) is 15.9. The summed E-state index contributed by atoms with van der Waals surface area (Å²) in [5.41, 5.74) is 1.35. The summed E-state index contributed by atoms with van der Waals surface area (Å²) in [6.07, 6.45) is 2.40. The lowest BCUT2D eigenvalue weighted by Crippen LogP contribution is -2.45. The molecule has 0 spiro atoms. The van der Waals surface area contributed by atoms with Crippen molar-refractivity contribution in [1.29, 1.82) is 0 Å². The Bertz CT molecular complexity index is 1040. The first-order valence-corrected chi connectivity index (χ1v) is 10.9. The van der Waals surface area contributed by atoms with E-state index >= 15 is 0 Å². The van der Waals surface area contributed by atoms with Crippen LogP contribution in [-0.4, -0.2) is 30.5 Å². The number of hydrogen-bond acceptors (Lipinski definition) is 5. The highest BCUT2D eigenvalue weighted by Gasteiger charge is 2.36. The van der Waals surface area contributed by atoms with Gasteiger partial charge >= 0.3 is 6.03 Å². The van der Waals surface area contributed by atoms with Crippen molar-refractivity contribution in [3.63, 3.8) is 0 Å². The van der Waals surface area contributed by atoms with Crippen molar-refractivity contribution < 1.29 is 19.2 Å². The first kappa shape index (κ1) is 24.1. The normalized spacial score (nSPS) is 15.5. The summed E-state index contributed by atoms with van der Waals surface area (Å²) in [6, 6.07) is 12.1. The number of hydrogen-bond donors (Lipinski definition) is 3. The molecule has 3 rings (SSSR count). The number of urea groups is 1. The molecule has 3 amide bonds. The summed E-state index contributed by atoms with van der Waals surface area (Å²) in [6.45, 7) is 0.479. The number of nitro groups is 1. The lowest BCUT2D eigenvalue weighted by molar-refractivity contribution is -0.433. The van der Waals surface area contributed by atoms with Crippen molar-refractivity contribution in [2.24, 2.45) is 0 Å². The number of ether oxygens (including phenoxy) is 1. The van der Waals surface area contributed by atoms with Gasteiger partial charge in [0.25, 0.3) is 11.6 Å². The van der Waals surface area contributed by atoms with Crippen LogP contribution >= 0.6 is 11.6 Å². The van der Waals surface area contributed by atoms with E-state index in [4.69, 9.17) is 16.3 Å². The molecule has 0 saturated carbocycles. The smallest absolute Gasteiger partial charge is 0.320 e. The molecule has 1 atom stereocenters. The number of methoxy groups -OCH3 is 1. The molecule has 1 heterocycles. The Balaban J connectivity index is 1.53. The predicted molar refractivity (Wildman–Crippen MR) is 124 cm³/mol. The predicted octanol–water partition coefficient (Wildman–Crippen LogP) is 4.18. The Kier molecular flexibility index (Phi) is 8.26. The summed E-state index contributed by atoms with van der Waals surface area (Å²) in [4.78, 5) is 35.6. The van der Waals surface area contributed by atoms with Gasteiger partial charge in [0.15, 0.2) is 0 Å². The molecule has 174 valence electrons. The van der Waals surface area contributed by atoms with Gasteiger partial charge in [-0.2, -0.15) is 0 Å². The molecule has 10 heteroatoms. The maximum atomic E-state index is 12.2. The number of allylic oxidation sites excluding steroid dienone is 1. The molecule has 0 aliphatic carbocycles. The molecular formula is C23H25ClN4O5. The summed E-state index contributed by atoms with van der Waals surface area (Å²) < 4.78 is 5.08. The van der Waals surface area contributed by atoms with Gasteiger partial charge in [-0.1, -0.05) is 30.2 Å². The maximum absolute atomic E-state index is 12.2. The van der Waals surface area contributed by atoms with Crippen molar-refractivity contribution in [1.82, 2.24) is 16.0 Å². The van der Waals surface area contributed by atoms with Crippen molar-refractivity contribution >= 4 is 23.5 Å². The molecule has 1 aliphatic heterocycles. The number of nitrogens with one attached hydrogen (secondary N) is 3. The van der Waals surface area contributed by atoms with Crippen LogP contribution in [0.2, 0.25) is 5.02 Å². The van der Waals surface area contributed by atoms with Crippen molar-refractivity contribution in [3.8, 4) is 5.75 Å². The third kappa shape index (κ3) is 6.45.